The van der Waals surface area contributed by atoms with Crippen LogP contribution in [-0.4, -0.2) is 16.5 Å². The molecule has 0 atom stereocenters. The predicted molar refractivity (Wildman–Crippen MR) is 91.6 cm³/mol. The summed E-state index contributed by atoms with van der Waals surface area (Å²) in [5.74, 6) is -0.257. The minimum Gasteiger partial charge on any atom is -0.349 e. The molecule has 0 aliphatic heterocycles. The lowest BCUT2D eigenvalue weighted by atomic mass is 10.1. The Bertz CT molecular complexity index is 789. The number of nitrogens with zero attached hydrogens (tertiary/aromatic N) is 2. The first-order valence-electron chi connectivity index (χ1n) is 8.23. The zero-order valence-corrected chi connectivity index (χ0v) is 13.4. The van der Waals surface area contributed by atoms with Crippen molar-refractivity contribution in [3.05, 3.63) is 41.6 Å². The minimum atomic E-state index is -0.257. The molecule has 1 aliphatic rings. The lowest BCUT2D eigenvalue weighted by molar-refractivity contribution is -0.117. The Morgan fingerprint density at radius 2 is 2.13 bits per heavy atom. The summed E-state index contributed by atoms with van der Waals surface area (Å²) in [4.78, 5) is 12.3. The Balaban J connectivity index is 1.92. The molecule has 118 valence electrons. The first-order chi connectivity index (χ1) is 11.2. The van der Waals surface area contributed by atoms with E-state index in [0.29, 0.717) is 0 Å². The molecule has 0 saturated heterocycles. The molecule has 4 heteroatoms. The van der Waals surface area contributed by atoms with Crippen molar-refractivity contribution in [2.45, 2.75) is 45.2 Å². The van der Waals surface area contributed by atoms with E-state index in [-0.39, 0.29) is 17.5 Å². The molecule has 1 saturated carbocycles. The maximum Gasteiger partial charge on any atom is 0.262 e. The average Bonchev–Trinajstić information content (AvgIpc) is 3.20. The number of aromatic nitrogens is 1. The number of rotatable bonds is 4. The summed E-state index contributed by atoms with van der Waals surface area (Å²) in [6.07, 6.45) is 8.05. The van der Waals surface area contributed by atoms with Gasteiger partial charge in [-0.05, 0) is 31.9 Å². The van der Waals surface area contributed by atoms with Gasteiger partial charge >= 0.3 is 0 Å². The van der Waals surface area contributed by atoms with E-state index in [1.54, 1.807) is 6.08 Å². The van der Waals surface area contributed by atoms with Crippen molar-refractivity contribution in [3.8, 4) is 6.07 Å². The monoisotopic (exact) mass is 307 g/mol. The Kier molecular flexibility index (Phi) is 4.47. The number of carbonyl (C=O) groups excluding carboxylic acids is 1. The minimum absolute atomic E-state index is 0.177. The fraction of sp³-hybridized carbons (Fsp3) is 0.368. The highest BCUT2D eigenvalue weighted by atomic mass is 16.1. The number of aryl methyl sites for hydroxylation is 1. The van der Waals surface area contributed by atoms with Crippen LogP contribution in [0.1, 0.15) is 38.2 Å². The summed E-state index contributed by atoms with van der Waals surface area (Å²) in [6, 6.07) is 10.3. The van der Waals surface area contributed by atoms with Gasteiger partial charge in [-0.15, -0.1) is 0 Å². The van der Waals surface area contributed by atoms with E-state index in [1.807, 2.05) is 24.4 Å². The fourth-order valence-electron chi connectivity index (χ4n) is 3.29. The van der Waals surface area contributed by atoms with Crippen LogP contribution in [0.3, 0.4) is 0 Å². The molecule has 0 bridgehead atoms. The van der Waals surface area contributed by atoms with Gasteiger partial charge in [0.15, 0.2) is 0 Å². The standard InChI is InChI=1S/C19H21N3O/c1-2-22-13-15(17-9-5-6-10-18(17)22)11-14(12-20)19(23)21-16-7-3-4-8-16/h5-6,9-11,13,16H,2-4,7-8H2,1H3,(H,21,23)/b14-11-. The van der Waals surface area contributed by atoms with E-state index in [0.717, 1.165) is 48.7 Å². The number of hydrogen-bond acceptors (Lipinski definition) is 2. The summed E-state index contributed by atoms with van der Waals surface area (Å²) in [5.41, 5.74) is 2.21. The van der Waals surface area contributed by atoms with E-state index in [4.69, 9.17) is 0 Å². The van der Waals surface area contributed by atoms with Crippen molar-refractivity contribution < 1.29 is 4.79 Å². The van der Waals surface area contributed by atoms with Gasteiger partial charge < -0.3 is 9.88 Å². The molecule has 4 nitrogen and oxygen atoms in total. The lowest BCUT2D eigenvalue weighted by Crippen LogP contribution is -2.33. The third kappa shape index (κ3) is 3.14. The maximum absolute atomic E-state index is 12.3. The number of amides is 1. The van der Waals surface area contributed by atoms with E-state index in [2.05, 4.69) is 28.9 Å². The number of hydrogen-bond donors (Lipinski definition) is 1. The maximum atomic E-state index is 12.3. The largest absolute Gasteiger partial charge is 0.349 e. The predicted octanol–water partition coefficient (Wildman–Crippen LogP) is 3.63. The molecule has 1 fully saturated rings. The van der Waals surface area contributed by atoms with Gasteiger partial charge in [0.25, 0.3) is 5.91 Å². The molecule has 0 radical (unpaired) electrons. The van der Waals surface area contributed by atoms with Gasteiger partial charge in [-0.1, -0.05) is 31.0 Å². The first kappa shape index (κ1) is 15.4. The van der Waals surface area contributed by atoms with Crippen molar-refractivity contribution in [3.63, 3.8) is 0 Å². The molecular formula is C19H21N3O. The van der Waals surface area contributed by atoms with E-state index < -0.39 is 0 Å². The Labute approximate surface area is 136 Å². The fourth-order valence-corrected chi connectivity index (χ4v) is 3.29. The number of nitriles is 1. The molecule has 1 aliphatic carbocycles. The zero-order chi connectivity index (χ0) is 16.2. The molecule has 0 spiro atoms. The Morgan fingerprint density at radius 3 is 2.83 bits per heavy atom. The molecule has 23 heavy (non-hydrogen) atoms. The normalized spacial score (nSPS) is 15.7. The van der Waals surface area contributed by atoms with E-state index in [1.165, 1.54) is 0 Å². The summed E-state index contributed by atoms with van der Waals surface area (Å²) in [5, 5.41) is 13.4. The number of carbonyl (C=O) groups is 1. The van der Waals surface area contributed by atoms with Crippen LogP contribution in [0.5, 0.6) is 0 Å². The molecule has 1 aromatic carbocycles. The van der Waals surface area contributed by atoms with Gasteiger partial charge in [0.2, 0.25) is 0 Å². The highest BCUT2D eigenvalue weighted by Crippen LogP contribution is 2.24. The molecule has 1 heterocycles. The molecule has 2 aromatic rings. The Hall–Kier alpha value is -2.54. The number of para-hydroxylation sites is 1. The zero-order valence-electron chi connectivity index (χ0n) is 13.4. The Morgan fingerprint density at radius 1 is 1.39 bits per heavy atom. The number of fused-ring (bicyclic) bond motifs is 1. The summed E-state index contributed by atoms with van der Waals surface area (Å²) in [6.45, 7) is 2.93. The van der Waals surface area contributed by atoms with Crippen LogP contribution in [0.25, 0.3) is 17.0 Å². The second-order valence-corrected chi connectivity index (χ2v) is 6.01. The van der Waals surface area contributed by atoms with E-state index in [9.17, 15) is 10.1 Å². The SMILES string of the molecule is CCn1cc(/C=C(/C#N)C(=O)NC2CCCC2)c2ccccc21. The smallest absolute Gasteiger partial charge is 0.262 e. The van der Waals surface area contributed by atoms with Crippen molar-refractivity contribution >= 4 is 22.9 Å². The number of benzene rings is 1. The molecular weight excluding hydrogens is 286 g/mol. The van der Waals surface area contributed by atoms with Crippen LogP contribution in [0.2, 0.25) is 0 Å². The quantitative estimate of drug-likeness (QED) is 0.692. The summed E-state index contributed by atoms with van der Waals surface area (Å²) in [7, 11) is 0. The van der Waals surface area contributed by atoms with E-state index >= 15 is 0 Å². The molecule has 1 N–H and O–H groups in total. The van der Waals surface area contributed by atoms with Crippen LogP contribution in [0.15, 0.2) is 36.0 Å². The van der Waals surface area contributed by atoms with Crippen molar-refractivity contribution in [2.75, 3.05) is 0 Å². The topological polar surface area (TPSA) is 57.8 Å². The second kappa shape index (κ2) is 6.70. The molecule has 1 aromatic heterocycles. The third-order valence-corrected chi connectivity index (χ3v) is 4.52. The van der Waals surface area contributed by atoms with Crippen LogP contribution < -0.4 is 5.32 Å². The van der Waals surface area contributed by atoms with Gasteiger partial charge in [-0.3, -0.25) is 4.79 Å². The second-order valence-electron chi connectivity index (χ2n) is 6.01. The van der Waals surface area contributed by atoms with Crippen molar-refractivity contribution in [1.82, 2.24) is 9.88 Å². The average molecular weight is 307 g/mol. The van der Waals surface area contributed by atoms with Gasteiger partial charge in [-0.25, -0.2) is 0 Å². The van der Waals surface area contributed by atoms with Gasteiger partial charge in [-0.2, -0.15) is 5.26 Å². The highest BCUT2D eigenvalue weighted by molar-refractivity contribution is 6.04. The van der Waals surface area contributed by atoms with Crippen LogP contribution in [0, 0.1) is 11.3 Å². The molecule has 1 amide bonds. The van der Waals surface area contributed by atoms with Crippen LogP contribution in [-0.2, 0) is 11.3 Å². The van der Waals surface area contributed by atoms with Gasteiger partial charge in [0.05, 0.1) is 0 Å². The van der Waals surface area contributed by atoms with Crippen LogP contribution in [0.4, 0.5) is 0 Å². The lowest BCUT2D eigenvalue weighted by Gasteiger charge is -2.10. The summed E-state index contributed by atoms with van der Waals surface area (Å²) < 4.78 is 2.13. The highest BCUT2D eigenvalue weighted by Gasteiger charge is 2.19. The first-order valence-corrected chi connectivity index (χ1v) is 8.23. The molecule has 3 rings (SSSR count). The number of nitrogens with one attached hydrogen (secondary N) is 1. The molecule has 0 unspecified atom stereocenters. The van der Waals surface area contributed by atoms with Crippen LogP contribution >= 0.6 is 0 Å². The van der Waals surface area contributed by atoms with Crippen molar-refractivity contribution in [2.24, 2.45) is 0 Å². The third-order valence-electron chi connectivity index (χ3n) is 4.52. The van der Waals surface area contributed by atoms with Gasteiger partial charge in [0, 0.05) is 35.2 Å². The van der Waals surface area contributed by atoms with Crippen molar-refractivity contribution in [1.29, 1.82) is 5.26 Å². The summed E-state index contributed by atoms with van der Waals surface area (Å²) >= 11 is 0. The van der Waals surface area contributed by atoms with Gasteiger partial charge in [0.1, 0.15) is 11.6 Å².